The van der Waals surface area contributed by atoms with Gasteiger partial charge in [0, 0.05) is 12.3 Å². The molecule has 4 nitrogen and oxygen atoms in total. The van der Waals surface area contributed by atoms with Crippen molar-refractivity contribution >= 4 is 17.7 Å². The second-order valence-corrected chi connectivity index (χ2v) is 6.10. The summed E-state index contributed by atoms with van der Waals surface area (Å²) in [6.07, 6.45) is -0.546. The van der Waals surface area contributed by atoms with Crippen molar-refractivity contribution in [1.29, 1.82) is 0 Å². The summed E-state index contributed by atoms with van der Waals surface area (Å²) in [5, 5.41) is 12.9. The van der Waals surface area contributed by atoms with Crippen LogP contribution < -0.4 is 10.1 Å². The van der Waals surface area contributed by atoms with E-state index in [-0.39, 0.29) is 5.91 Å². The minimum absolute atomic E-state index is 0.0360. The molecule has 1 unspecified atom stereocenters. The average Bonchev–Trinajstić information content (AvgIpc) is 2.61. The molecule has 2 aromatic carbocycles. The quantitative estimate of drug-likeness (QED) is 0.781. The number of hydrogen-bond acceptors (Lipinski definition) is 4. The Morgan fingerprint density at radius 2 is 1.87 bits per heavy atom. The van der Waals surface area contributed by atoms with E-state index >= 15 is 0 Å². The van der Waals surface area contributed by atoms with Gasteiger partial charge in [0.05, 0.1) is 19.0 Å². The second-order valence-electron chi connectivity index (χ2n) is 5.07. The molecule has 0 heterocycles. The highest BCUT2D eigenvalue weighted by Crippen LogP contribution is 2.17. The third kappa shape index (κ3) is 5.96. The molecule has 0 saturated carbocycles. The molecule has 0 bridgehead atoms. The van der Waals surface area contributed by atoms with E-state index < -0.39 is 6.10 Å². The normalized spacial score (nSPS) is 11.7. The van der Waals surface area contributed by atoms with Crippen LogP contribution >= 0.6 is 11.8 Å². The Kier molecular flexibility index (Phi) is 6.97. The molecule has 0 fully saturated rings. The third-order valence-corrected chi connectivity index (χ3v) is 4.36. The minimum atomic E-state index is -0.546. The van der Waals surface area contributed by atoms with Crippen LogP contribution in [0.3, 0.4) is 0 Å². The van der Waals surface area contributed by atoms with E-state index in [1.807, 2.05) is 54.6 Å². The maximum absolute atomic E-state index is 11.8. The molecule has 2 aromatic rings. The number of aliphatic hydroxyl groups is 1. The molecular weight excluding hydrogens is 310 g/mol. The fourth-order valence-corrected chi connectivity index (χ4v) is 2.85. The zero-order valence-electron chi connectivity index (χ0n) is 13.1. The Bertz CT molecular complexity index is 601. The zero-order chi connectivity index (χ0) is 16.5. The van der Waals surface area contributed by atoms with E-state index in [4.69, 9.17) is 4.74 Å². The van der Waals surface area contributed by atoms with Gasteiger partial charge in [-0.2, -0.15) is 0 Å². The Hall–Kier alpha value is -1.98. The number of amides is 1. The molecule has 2 N–H and O–H groups in total. The average molecular weight is 331 g/mol. The van der Waals surface area contributed by atoms with Crippen molar-refractivity contribution in [3.05, 3.63) is 65.7 Å². The monoisotopic (exact) mass is 331 g/mol. The van der Waals surface area contributed by atoms with E-state index in [1.165, 1.54) is 11.8 Å². The van der Waals surface area contributed by atoms with Gasteiger partial charge >= 0.3 is 0 Å². The van der Waals surface area contributed by atoms with Crippen molar-refractivity contribution in [2.45, 2.75) is 12.6 Å². The van der Waals surface area contributed by atoms with Crippen LogP contribution in [0.5, 0.6) is 5.75 Å². The molecule has 1 atom stereocenters. The smallest absolute Gasteiger partial charge is 0.230 e. The molecule has 0 radical (unpaired) electrons. The van der Waals surface area contributed by atoms with Crippen LogP contribution in [0.25, 0.3) is 0 Å². The number of ether oxygens (including phenoxy) is 1. The predicted octanol–water partition coefficient (Wildman–Crippen LogP) is 2.78. The van der Waals surface area contributed by atoms with Gasteiger partial charge in [-0.05, 0) is 23.3 Å². The van der Waals surface area contributed by atoms with Gasteiger partial charge in [-0.25, -0.2) is 0 Å². The molecule has 1 amide bonds. The van der Waals surface area contributed by atoms with Crippen molar-refractivity contribution in [3.8, 4) is 5.75 Å². The second kappa shape index (κ2) is 9.22. The van der Waals surface area contributed by atoms with Crippen molar-refractivity contribution in [2.75, 3.05) is 18.6 Å². The SMILES string of the molecule is COc1ccc(CNC(=O)CSCC(O)c2ccccc2)cc1. The van der Waals surface area contributed by atoms with Crippen LogP contribution in [0.15, 0.2) is 54.6 Å². The summed E-state index contributed by atoms with van der Waals surface area (Å²) in [6, 6.07) is 17.0. The molecule has 0 spiro atoms. The number of thioether (sulfide) groups is 1. The zero-order valence-corrected chi connectivity index (χ0v) is 13.9. The highest BCUT2D eigenvalue weighted by atomic mass is 32.2. The topological polar surface area (TPSA) is 58.6 Å². The number of nitrogens with one attached hydrogen (secondary N) is 1. The first-order valence-electron chi connectivity index (χ1n) is 7.39. The molecular formula is C18H21NO3S. The number of carbonyl (C=O) groups is 1. The summed E-state index contributed by atoms with van der Waals surface area (Å²) in [5.41, 5.74) is 1.90. The molecule has 0 aromatic heterocycles. The number of carbonyl (C=O) groups excluding carboxylic acids is 1. The molecule has 122 valence electrons. The minimum Gasteiger partial charge on any atom is -0.497 e. The lowest BCUT2D eigenvalue weighted by Gasteiger charge is -2.10. The first-order valence-corrected chi connectivity index (χ1v) is 8.55. The van der Waals surface area contributed by atoms with Crippen LogP contribution in [0.4, 0.5) is 0 Å². The molecule has 5 heteroatoms. The van der Waals surface area contributed by atoms with Crippen LogP contribution in [0.2, 0.25) is 0 Å². The summed E-state index contributed by atoms with van der Waals surface area (Å²) in [7, 11) is 1.62. The molecule has 2 rings (SSSR count). The first kappa shape index (κ1) is 17.4. The number of benzene rings is 2. The lowest BCUT2D eigenvalue weighted by Crippen LogP contribution is -2.25. The molecule has 0 saturated heterocycles. The highest BCUT2D eigenvalue weighted by Gasteiger charge is 2.08. The van der Waals surface area contributed by atoms with Crippen molar-refractivity contribution in [3.63, 3.8) is 0 Å². The van der Waals surface area contributed by atoms with Crippen LogP contribution in [-0.4, -0.2) is 29.6 Å². The van der Waals surface area contributed by atoms with Crippen molar-refractivity contribution in [1.82, 2.24) is 5.32 Å². The maximum Gasteiger partial charge on any atom is 0.230 e. The molecule has 0 aliphatic carbocycles. The van der Waals surface area contributed by atoms with Gasteiger partial charge in [0.2, 0.25) is 5.91 Å². The van der Waals surface area contributed by atoms with E-state index in [0.717, 1.165) is 16.9 Å². The molecule has 23 heavy (non-hydrogen) atoms. The van der Waals surface area contributed by atoms with Gasteiger partial charge in [0.1, 0.15) is 5.75 Å². The van der Waals surface area contributed by atoms with E-state index in [0.29, 0.717) is 18.1 Å². The summed E-state index contributed by atoms with van der Waals surface area (Å²) >= 11 is 1.42. The van der Waals surface area contributed by atoms with Gasteiger partial charge < -0.3 is 15.2 Å². The number of aliphatic hydroxyl groups excluding tert-OH is 1. The van der Waals surface area contributed by atoms with Gasteiger partial charge in [-0.15, -0.1) is 11.8 Å². The fourth-order valence-electron chi connectivity index (χ4n) is 2.03. The summed E-state index contributed by atoms with van der Waals surface area (Å²) in [4.78, 5) is 11.8. The van der Waals surface area contributed by atoms with Crippen molar-refractivity contribution < 1.29 is 14.6 Å². The largest absolute Gasteiger partial charge is 0.497 e. The van der Waals surface area contributed by atoms with Crippen molar-refractivity contribution in [2.24, 2.45) is 0 Å². The summed E-state index contributed by atoms with van der Waals surface area (Å²) in [5.74, 6) is 1.59. The van der Waals surface area contributed by atoms with Gasteiger partial charge in [0.25, 0.3) is 0 Å². The van der Waals surface area contributed by atoms with Gasteiger partial charge in [-0.1, -0.05) is 42.5 Å². The molecule has 0 aliphatic rings. The fraction of sp³-hybridized carbons (Fsp3) is 0.278. The lowest BCUT2D eigenvalue weighted by molar-refractivity contribution is -0.118. The predicted molar refractivity (Wildman–Crippen MR) is 93.6 cm³/mol. The first-order chi connectivity index (χ1) is 11.2. The third-order valence-electron chi connectivity index (χ3n) is 3.34. The number of rotatable bonds is 8. The summed E-state index contributed by atoms with van der Waals surface area (Å²) in [6.45, 7) is 0.491. The Morgan fingerprint density at radius 3 is 2.52 bits per heavy atom. The Balaban J connectivity index is 1.66. The van der Waals surface area contributed by atoms with E-state index in [9.17, 15) is 9.90 Å². The van der Waals surface area contributed by atoms with Crippen LogP contribution in [0, 0.1) is 0 Å². The van der Waals surface area contributed by atoms with E-state index in [2.05, 4.69) is 5.32 Å². The highest BCUT2D eigenvalue weighted by molar-refractivity contribution is 7.99. The van der Waals surface area contributed by atoms with Crippen LogP contribution in [-0.2, 0) is 11.3 Å². The number of hydrogen-bond donors (Lipinski definition) is 2. The van der Waals surface area contributed by atoms with Gasteiger partial charge in [-0.3, -0.25) is 4.79 Å². The summed E-state index contributed by atoms with van der Waals surface area (Å²) < 4.78 is 5.09. The lowest BCUT2D eigenvalue weighted by atomic mass is 10.1. The standard InChI is InChI=1S/C18H21NO3S/c1-22-16-9-7-14(8-10-16)11-19-18(21)13-23-12-17(20)15-5-3-2-4-6-15/h2-10,17,20H,11-13H2,1H3,(H,19,21). The Morgan fingerprint density at radius 1 is 1.17 bits per heavy atom. The van der Waals surface area contributed by atoms with Gasteiger partial charge in [0.15, 0.2) is 0 Å². The van der Waals surface area contributed by atoms with E-state index in [1.54, 1.807) is 7.11 Å². The van der Waals surface area contributed by atoms with Crippen LogP contribution in [0.1, 0.15) is 17.2 Å². The molecule has 0 aliphatic heterocycles. The number of methoxy groups -OCH3 is 1. The Labute approximate surface area is 140 Å². The maximum atomic E-state index is 11.8.